The molecule has 9 heteroatoms. The molecule has 2 aliphatic heterocycles. The predicted octanol–water partition coefficient (Wildman–Crippen LogP) is 0.654. The molecular weight excluding hydrogens is 358 g/mol. The Hall–Kier alpha value is -1.68. The van der Waals surface area contributed by atoms with Gasteiger partial charge in [0.25, 0.3) is 0 Å². The first-order valence-corrected chi connectivity index (χ1v) is 10.2. The van der Waals surface area contributed by atoms with E-state index < -0.39 is 10.0 Å². The number of rotatable bonds is 5. The van der Waals surface area contributed by atoms with E-state index in [1.54, 1.807) is 12.1 Å². The fraction of sp³-hybridized carbons (Fsp3) is 0.588. The molecule has 1 aromatic rings. The van der Waals surface area contributed by atoms with Crippen LogP contribution >= 0.6 is 0 Å². The zero-order valence-electron chi connectivity index (χ0n) is 14.9. The molecule has 2 fully saturated rings. The maximum absolute atomic E-state index is 13.0. The van der Waals surface area contributed by atoms with Crippen LogP contribution in [0.1, 0.15) is 12.8 Å². The Balaban J connectivity index is 1.83. The molecule has 1 amide bonds. The topological polar surface area (TPSA) is 97.0 Å². The third-order valence-electron chi connectivity index (χ3n) is 4.69. The van der Waals surface area contributed by atoms with Crippen molar-refractivity contribution in [2.45, 2.75) is 17.7 Å². The van der Waals surface area contributed by atoms with Crippen LogP contribution in [-0.4, -0.2) is 65.1 Å². The maximum Gasteiger partial charge on any atom is 0.246 e. The predicted molar refractivity (Wildman–Crippen MR) is 96.8 cm³/mol. The maximum atomic E-state index is 13.0. The second kappa shape index (κ2) is 8.34. The molecule has 2 N–H and O–H groups in total. The summed E-state index contributed by atoms with van der Waals surface area (Å²) < 4.78 is 37.8. The van der Waals surface area contributed by atoms with Gasteiger partial charge in [0.05, 0.1) is 26.2 Å². The molecule has 1 aromatic carbocycles. The number of amides is 1. The normalized spacial score (nSPS) is 22.0. The van der Waals surface area contributed by atoms with Gasteiger partial charge in [-0.3, -0.25) is 4.79 Å². The lowest BCUT2D eigenvalue weighted by Crippen LogP contribution is -2.40. The van der Waals surface area contributed by atoms with Crippen LogP contribution in [0.15, 0.2) is 23.1 Å². The van der Waals surface area contributed by atoms with Gasteiger partial charge >= 0.3 is 0 Å². The molecule has 26 heavy (non-hydrogen) atoms. The highest BCUT2D eigenvalue weighted by Crippen LogP contribution is 2.30. The van der Waals surface area contributed by atoms with Gasteiger partial charge in [0, 0.05) is 25.3 Å². The Kier molecular flexibility index (Phi) is 6.13. The lowest BCUT2D eigenvalue weighted by molar-refractivity contribution is -0.120. The summed E-state index contributed by atoms with van der Waals surface area (Å²) in [4.78, 5) is 12.5. The molecule has 8 nitrogen and oxygen atoms in total. The van der Waals surface area contributed by atoms with Crippen LogP contribution in [0.25, 0.3) is 0 Å². The van der Waals surface area contributed by atoms with Crippen LogP contribution in [0.4, 0.5) is 5.69 Å². The van der Waals surface area contributed by atoms with Crippen molar-refractivity contribution >= 4 is 21.6 Å². The van der Waals surface area contributed by atoms with Crippen molar-refractivity contribution in [3.8, 4) is 5.75 Å². The average molecular weight is 383 g/mol. The smallest absolute Gasteiger partial charge is 0.246 e. The summed E-state index contributed by atoms with van der Waals surface area (Å²) in [6, 6.07) is 4.70. The minimum atomic E-state index is -3.72. The number of piperidine rings is 1. The SMILES string of the molecule is COc1ccc(NC(=O)C2CCCNC2)cc1S(=O)(=O)N1CCOCC1. The number of carbonyl (C=O) groups is 1. The first-order valence-electron chi connectivity index (χ1n) is 8.80. The average Bonchev–Trinajstić information content (AvgIpc) is 2.69. The van der Waals surface area contributed by atoms with Gasteiger partial charge in [0.1, 0.15) is 10.6 Å². The van der Waals surface area contributed by atoms with Crippen molar-refractivity contribution in [3.05, 3.63) is 18.2 Å². The fourth-order valence-corrected chi connectivity index (χ4v) is 4.79. The number of hydrogen-bond acceptors (Lipinski definition) is 6. The van der Waals surface area contributed by atoms with Gasteiger partial charge in [-0.15, -0.1) is 0 Å². The molecule has 0 aromatic heterocycles. The van der Waals surface area contributed by atoms with Gasteiger partial charge in [0.2, 0.25) is 15.9 Å². The molecule has 0 spiro atoms. The number of sulfonamides is 1. The Morgan fingerprint density at radius 2 is 2.12 bits per heavy atom. The van der Waals surface area contributed by atoms with Crippen molar-refractivity contribution in [2.75, 3.05) is 51.8 Å². The lowest BCUT2D eigenvalue weighted by atomic mass is 9.99. The van der Waals surface area contributed by atoms with Gasteiger partial charge in [-0.25, -0.2) is 8.42 Å². The number of hydrogen-bond donors (Lipinski definition) is 2. The summed E-state index contributed by atoms with van der Waals surface area (Å²) in [5.41, 5.74) is 0.452. The van der Waals surface area contributed by atoms with Crippen molar-refractivity contribution in [3.63, 3.8) is 0 Å². The number of ether oxygens (including phenoxy) is 2. The molecule has 0 radical (unpaired) electrons. The van der Waals surface area contributed by atoms with Crippen LogP contribution in [0.3, 0.4) is 0 Å². The highest BCUT2D eigenvalue weighted by Gasteiger charge is 2.30. The zero-order valence-corrected chi connectivity index (χ0v) is 15.7. The van der Waals surface area contributed by atoms with E-state index >= 15 is 0 Å². The second-order valence-corrected chi connectivity index (χ2v) is 8.32. The molecule has 3 rings (SSSR count). The van der Waals surface area contributed by atoms with Gasteiger partial charge in [-0.1, -0.05) is 0 Å². The molecule has 1 atom stereocenters. The van der Waals surface area contributed by atoms with Crippen molar-refractivity contribution in [2.24, 2.45) is 5.92 Å². The second-order valence-electron chi connectivity index (χ2n) is 6.41. The monoisotopic (exact) mass is 383 g/mol. The number of nitrogens with one attached hydrogen (secondary N) is 2. The molecule has 0 aliphatic carbocycles. The molecular formula is C17H25N3O5S. The summed E-state index contributed by atoms with van der Waals surface area (Å²) >= 11 is 0. The van der Waals surface area contributed by atoms with Crippen LogP contribution in [0, 0.1) is 5.92 Å². The summed E-state index contributed by atoms with van der Waals surface area (Å²) in [7, 11) is -2.29. The molecule has 2 aliphatic rings. The first kappa shape index (κ1) is 19.1. The Morgan fingerprint density at radius 1 is 1.35 bits per heavy atom. The van der Waals surface area contributed by atoms with Gasteiger partial charge in [0.15, 0.2) is 0 Å². The number of carbonyl (C=O) groups excluding carboxylic acids is 1. The Labute approximate surface area is 153 Å². The number of nitrogens with zero attached hydrogens (tertiary/aromatic N) is 1. The summed E-state index contributed by atoms with van der Waals surface area (Å²) in [6.07, 6.45) is 1.78. The van der Waals surface area contributed by atoms with E-state index in [-0.39, 0.29) is 22.5 Å². The van der Waals surface area contributed by atoms with E-state index in [4.69, 9.17) is 9.47 Å². The minimum absolute atomic E-state index is 0.0569. The molecule has 2 saturated heterocycles. The van der Waals surface area contributed by atoms with Crippen molar-refractivity contribution < 1.29 is 22.7 Å². The van der Waals surface area contributed by atoms with E-state index in [0.29, 0.717) is 38.5 Å². The van der Waals surface area contributed by atoms with Crippen LogP contribution in [0.5, 0.6) is 5.75 Å². The van der Waals surface area contributed by atoms with E-state index in [1.807, 2.05) is 0 Å². The number of morpholine rings is 1. The number of anilines is 1. The lowest BCUT2D eigenvalue weighted by Gasteiger charge is -2.27. The van der Waals surface area contributed by atoms with Crippen LogP contribution in [0.2, 0.25) is 0 Å². The van der Waals surface area contributed by atoms with Gasteiger partial charge in [-0.05, 0) is 37.6 Å². The van der Waals surface area contributed by atoms with Gasteiger partial charge < -0.3 is 20.1 Å². The number of benzene rings is 1. The molecule has 144 valence electrons. The van der Waals surface area contributed by atoms with Gasteiger partial charge in [-0.2, -0.15) is 4.31 Å². The summed E-state index contributed by atoms with van der Waals surface area (Å²) in [5, 5.41) is 6.04. The largest absolute Gasteiger partial charge is 0.495 e. The Morgan fingerprint density at radius 3 is 2.77 bits per heavy atom. The highest BCUT2D eigenvalue weighted by molar-refractivity contribution is 7.89. The molecule has 0 saturated carbocycles. The van der Waals surface area contributed by atoms with Crippen LogP contribution in [-0.2, 0) is 19.6 Å². The van der Waals surface area contributed by atoms with Crippen LogP contribution < -0.4 is 15.4 Å². The van der Waals surface area contributed by atoms with Crippen molar-refractivity contribution in [1.29, 1.82) is 0 Å². The molecule has 2 heterocycles. The van der Waals surface area contributed by atoms with E-state index in [0.717, 1.165) is 19.4 Å². The van der Waals surface area contributed by atoms with Crippen molar-refractivity contribution in [1.82, 2.24) is 9.62 Å². The summed E-state index contributed by atoms with van der Waals surface area (Å²) in [6.45, 7) is 2.90. The fourth-order valence-electron chi connectivity index (χ4n) is 3.20. The first-order chi connectivity index (χ1) is 12.5. The standard InChI is InChI=1S/C17H25N3O5S/c1-24-15-5-4-14(19-17(21)13-3-2-6-18-12-13)11-16(15)26(22,23)20-7-9-25-10-8-20/h4-5,11,13,18H,2-3,6-10,12H2,1H3,(H,19,21). The number of methoxy groups -OCH3 is 1. The molecule has 0 bridgehead atoms. The Bertz CT molecular complexity index is 741. The highest BCUT2D eigenvalue weighted by atomic mass is 32.2. The molecule has 1 unspecified atom stereocenters. The summed E-state index contributed by atoms with van der Waals surface area (Å²) in [5.74, 6) is 0.0519. The van der Waals surface area contributed by atoms with E-state index in [9.17, 15) is 13.2 Å². The quantitative estimate of drug-likeness (QED) is 0.775. The minimum Gasteiger partial charge on any atom is -0.495 e. The van der Waals surface area contributed by atoms with E-state index in [1.165, 1.54) is 17.5 Å². The third-order valence-corrected chi connectivity index (χ3v) is 6.61. The van der Waals surface area contributed by atoms with E-state index in [2.05, 4.69) is 10.6 Å². The zero-order chi connectivity index (χ0) is 18.6. The third kappa shape index (κ3) is 4.17.